The largest absolute Gasteiger partial charge is 0.870 e. The molecule has 0 radical (unpaired) electrons. The van der Waals surface area contributed by atoms with E-state index in [4.69, 9.17) is 0 Å². The Labute approximate surface area is 172 Å². The van der Waals surface area contributed by atoms with Crippen LogP contribution in [0.2, 0.25) is 0 Å². The van der Waals surface area contributed by atoms with Crippen molar-refractivity contribution < 1.29 is 9.96 Å². The fourth-order valence-electron chi connectivity index (χ4n) is 3.54. The molecule has 0 atom stereocenters. The molecule has 0 rings (SSSR count). The molecule has 0 unspecified atom stereocenters. The van der Waals surface area contributed by atoms with Gasteiger partial charge in [-0.05, 0) is 38.5 Å². The van der Waals surface area contributed by atoms with Crippen LogP contribution in [0.5, 0.6) is 0 Å². The van der Waals surface area contributed by atoms with E-state index < -0.39 is 0 Å². The summed E-state index contributed by atoms with van der Waals surface area (Å²) in [5, 5.41) is 0. The van der Waals surface area contributed by atoms with Crippen LogP contribution in [-0.4, -0.2) is 37.6 Å². The van der Waals surface area contributed by atoms with Crippen molar-refractivity contribution in [3.63, 3.8) is 0 Å². The zero-order chi connectivity index (χ0) is 19.3. The second-order valence-corrected chi connectivity index (χ2v) is 9.37. The Kier molecular flexibility index (Phi) is 23.5. The van der Waals surface area contributed by atoms with Crippen LogP contribution in [0.15, 0.2) is 12.2 Å². The maximum Gasteiger partial charge on any atom is 0.0780 e. The molecule has 2 nitrogen and oxygen atoms in total. The van der Waals surface area contributed by atoms with Crippen molar-refractivity contribution in [3.8, 4) is 0 Å². The summed E-state index contributed by atoms with van der Waals surface area (Å²) in [6.45, 7) is 3.62. The Bertz CT molecular complexity index is 293. The first-order valence-electron chi connectivity index (χ1n) is 12.0. The predicted octanol–water partition coefficient (Wildman–Crippen LogP) is 8.11. The number of quaternary nitrogens is 1. The summed E-state index contributed by atoms with van der Waals surface area (Å²) in [4.78, 5) is 0. The molecular formula is C25H53NO. The van der Waals surface area contributed by atoms with Gasteiger partial charge in [-0.2, -0.15) is 0 Å². The number of allylic oxidation sites excluding steroid dienone is 2. The fraction of sp³-hybridized carbons (Fsp3) is 0.920. The highest BCUT2D eigenvalue weighted by Crippen LogP contribution is 2.12. The number of nitrogens with zero attached hydrogens (tertiary/aromatic N) is 1. The minimum atomic E-state index is 0. The van der Waals surface area contributed by atoms with Crippen molar-refractivity contribution >= 4 is 0 Å². The number of hydrogen-bond acceptors (Lipinski definition) is 1. The van der Waals surface area contributed by atoms with Crippen LogP contribution in [-0.2, 0) is 0 Å². The third-order valence-corrected chi connectivity index (χ3v) is 5.34. The number of hydrogen-bond donors (Lipinski definition) is 0. The van der Waals surface area contributed by atoms with Crippen LogP contribution in [0.25, 0.3) is 0 Å². The van der Waals surface area contributed by atoms with Crippen LogP contribution >= 0.6 is 0 Å². The van der Waals surface area contributed by atoms with Gasteiger partial charge in [-0.25, -0.2) is 0 Å². The zero-order valence-corrected chi connectivity index (χ0v) is 19.5. The maximum atomic E-state index is 2.43. The van der Waals surface area contributed by atoms with Gasteiger partial charge in [0.25, 0.3) is 0 Å². The van der Waals surface area contributed by atoms with E-state index in [0.29, 0.717) is 0 Å². The van der Waals surface area contributed by atoms with E-state index in [1.54, 1.807) is 0 Å². The van der Waals surface area contributed by atoms with E-state index in [1.165, 1.54) is 122 Å². The lowest BCUT2D eigenvalue weighted by Gasteiger charge is -2.23. The Hall–Kier alpha value is -0.340. The molecule has 0 spiro atoms. The average molecular weight is 384 g/mol. The topological polar surface area (TPSA) is 30.0 Å². The monoisotopic (exact) mass is 383 g/mol. The van der Waals surface area contributed by atoms with E-state index in [1.807, 2.05) is 0 Å². The number of rotatable bonds is 20. The first kappa shape index (κ1) is 28.9. The molecule has 0 bridgehead atoms. The van der Waals surface area contributed by atoms with Crippen LogP contribution in [0.4, 0.5) is 0 Å². The minimum absolute atomic E-state index is 0. The molecule has 0 aromatic rings. The Morgan fingerprint density at radius 3 is 1.19 bits per heavy atom. The van der Waals surface area contributed by atoms with Gasteiger partial charge in [0.15, 0.2) is 0 Å². The first-order chi connectivity index (χ1) is 12.6. The minimum Gasteiger partial charge on any atom is -0.870 e. The molecule has 27 heavy (non-hydrogen) atoms. The molecule has 0 saturated carbocycles. The molecule has 164 valence electrons. The molecule has 0 aliphatic heterocycles. The second kappa shape index (κ2) is 22.0. The van der Waals surface area contributed by atoms with Gasteiger partial charge in [0.05, 0.1) is 27.7 Å². The predicted molar refractivity (Wildman–Crippen MR) is 123 cm³/mol. The van der Waals surface area contributed by atoms with Gasteiger partial charge in [-0.15, -0.1) is 0 Å². The second-order valence-electron chi connectivity index (χ2n) is 9.37. The van der Waals surface area contributed by atoms with Crippen molar-refractivity contribution in [1.82, 2.24) is 0 Å². The van der Waals surface area contributed by atoms with Crippen LogP contribution < -0.4 is 0 Å². The summed E-state index contributed by atoms with van der Waals surface area (Å²) in [5.41, 5.74) is 0. The highest BCUT2D eigenvalue weighted by Gasteiger charge is 2.04. The summed E-state index contributed by atoms with van der Waals surface area (Å²) in [5.74, 6) is 0. The lowest BCUT2D eigenvalue weighted by atomic mass is 10.1. The normalized spacial score (nSPS) is 11.9. The van der Waals surface area contributed by atoms with Gasteiger partial charge >= 0.3 is 0 Å². The van der Waals surface area contributed by atoms with E-state index >= 15 is 0 Å². The molecule has 0 fully saturated rings. The third-order valence-electron chi connectivity index (χ3n) is 5.34. The van der Waals surface area contributed by atoms with Gasteiger partial charge < -0.3 is 9.96 Å². The van der Waals surface area contributed by atoms with Crippen LogP contribution in [0, 0.1) is 0 Å². The molecule has 0 saturated heterocycles. The van der Waals surface area contributed by atoms with Crippen molar-refractivity contribution in [2.75, 3.05) is 27.7 Å². The summed E-state index contributed by atoms with van der Waals surface area (Å²) in [6, 6.07) is 0. The molecule has 0 aliphatic carbocycles. The van der Waals surface area contributed by atoms with Crippen molar-refractivity contribution in [2.24, 2.45) is 0 Å². The van der Waals surface area contributed by atoms with Gasteiger partial charge in [0, 0.05) is 0 Å². The number of unbranched alkanes of at least 4 members (excludes halogenated alkanes) is 16. The lowest BCUT2D eigenvalue weighted by molar-refractivity contribution is -0.870. The molecule has 2 heteroatoms. The Morgan fingerprint density at radius 1 is 0.481 bits per heavy atom. The summed E-state index contributed by atoms with van der Waals surface area (Å²) < 4.78 is 1.12. The summed E-state index contributed by atoms with van der Waals surface area (Å²) in [7, 11) is 6.89. The fourth-order valence-corrected chi connectivity index (χ4v) is 3.54. The molecule has 0 aliphatic rings. The van der Waals surface area contributed by atoms with Crippen molar-refractivity contribution in [3.05, 3.63) is 12.2 Å². The maximum absolute atomic E-state index is 2.43. The highest BCUT2D eigenvalue weighted by atomic mass is 16.0. The van der Waals surface area contributed by atoms with E-state index in [0.717, 1.165) is 4.48 Å². The average Bonchev–Trinajstić information content (AvgIpc) is 2.59. The standard InChI is InChI=1S/C25H52N.H2O/c1-5-6-7-8-9-10-11-12-13-14-15-16-17-18-19-20-21-22-23-24-25-26(2,3)4;/h12-13H,5-11,14-25H2,1-4H3;1H2/q+1;/p-1/b13-12-;. The first-order valence-corrected chi connectivity index (χ1v) is 12.0. The molecule has 0 amide bonds. The Morgan fingerprint density at radius 2 is 0.815 bits per heavy atom. The van der Waals surface area contributed by atoms with Crippen LogP contribution in [0.3, 0.4) is 0 Å². The quantitative estimate of drug-likeness (QED) is 0.119. The molecule has 0 aromatic carbocycles. The smallest absolute Gasteiger partial charge is 0.0780 e. The van der Waals surface area contributed by atoms with E-state index in [-0.39, 0.29) is 5.48 Å². The van der Waals surface area contributed by atoms with Gasteiger partial charge in [-0.3, -0.25) is 0 Å². The highest BCUT2D eigenvalue weighted by molar-refractivity contribution is 4.81. The molecule has 0 heterocycles. The molecular weight excluding hydrogens is 330 g/mol. The Balaban J connectivity index is 0. The lowest BCUT2D eigenvalue weighted by Crippen LogP contribution is -2.35. The van der Waals surface area contributed by atoms with Crippen molar-refractivity contribution in [1.29, 1.82) is 0 Å². The summed E-state index contributed by atoms with van der Waals surface area (Å²) in [6.07, 6.45) is 30.4. The summed E-state index contributed by atoms with van der Waals surface area (Å²) >= 11 is 0. The van der Waals surface area contributed by atoms with Gasteiger partial charge in [-0.1, -0.05) is 96.1 Å². The SMILES string of the molecule is CCCCCCCC/C=C\CCCCCCCCCCCC[N+](C)(C)C.[OH-]. The molecule has 1 N–H and O–H groups in total. The zero-order valence-electron chi connectivity index (χ0n) is 19.5. The third kappa shape index (κ3) is 28.0. The van der Waals surface area contributed by atoms with Gasteiger partial charge in [0.2, 0.25) is 0 Å². The van der Waals surface area contributed by atoms with Gasteiger partial charge in [0.1, 0.15) is 0 Å². The van der Waals surface area contributed by atoms with E-state index in [9.17, 15) is 0 Å². The van der Waals surface area contributed by atoms with Crippen molar-refractivity contribution in [2.45, 2.75) is 122 Å². The molecule has 0 aromatic heterocycles. The van der Waals surface area contributed by atoms with E-state index in [2.05, 4.69) is 40.2 Å². The van der Waals surface area contributed by atoms with Crippen LogP contribution in [0.1, 0.15) is 122 Å².